The van der Waals surface area contributed by atoms with Gasteiger partial charge in [-0.2, -0.15) is 13.2 Å². The minimum Gasteiger partial charge on any atom is -0.481 e. The molecule has 0 aromatic rings. The van der Waals surface area contributed by atoms with Crippen molar-refractivity contribution in [1.29, 1.82) is 0 Å². The van der Waals surface area contributed by atoms with Gasteiger partial charge in [-0.1, -0.05) is 0 Å². The van der Waals surface area contributed by atoms with E-state index in [2.05, 4.69) is 4.74 Å². The fraction of sp³-hybridized carbons (Fsp3) is 0.833. The lowest BCUT2D eigenvalue weighted by molar-refractivity contribution is -0.189. The van der Waals surface area contributed by atoms with Gasteiger partial charge >= 0.3 is 12.1 Å². The predicted molar refractivity (Wildman–Crippen MR) is 31.5 cm³/mol. The lowest BCUT2D eigenvalue weighted by Gasteiger charge is -2.16. The first-order chi connectivity index (χ1) is 5.43. The summed E-state index contributed by atoms with van der Waals surface area (Å²) >= 11 is 0. The minimum absolute atomic E-state index is 0.348. The van der Waals surface area contributed by atoms with Crippen LogP contribution >= 0.6 is 0 Å². The van der Waals surface area contributed by atoms with E-state index in [1.54, 1.807) is 0 Å². The number of hydrogen-bond donors (Lipinski definition) is 1. The summed E-state index contributed by atoms with van der Waals surface area (Å²) in [6.07, 6.45) is -4.47. The van der Waals surface area contributed by atoms with Crippen LogP contribution in [0.5, 0.6) is 0 Å². The lowest BCUT2D eigenvalue weighted by atomic mass is 9.96. The highest BCUT2D eigenvalue weighted by Crippen LogP contribution is 2.36. The van der Waals surface area contributed by atoms with Crippen LogP contribution in [-0.4, -0.2) is 30.5 Å². The first kappa shape index (κ1) is 9.31. The van der Waals surface area contributed by atoms with Crippen LogP contribution in [0.25, 0.3) is 0 Å². The quantitative estimate of drug-likeness (QED) is 0.658. The Hall–Kier alpha value is -0.780. The van der Waals surface area contributed by atoms with Crippen LogP contribution in [0.1, 0.15) is 0 Å². The van der Waals surface area contributed by atoms with Crippen molar-refractivity contribution in [2.45, 2.75) is 6.18 Å². The SMILES string of the molecule is O=C(O)[C@H]1COC[C@@H]1C(F)(F)F. The van der Waals surface area contributed by atoms with Crippen LogP contribution in [0.15, 0.2) is 0 Å². The largest absolute Gasteiger partial charge is 0.481 e. The zero-order chi connectivity index (χ0) is 9.35. The molecular weight excluding hydrogens is 177 g/mol. The summed E-state index contributed by atoms with van der Waals surface area (Å²) in [6.45, 7) is -0.889. The van der Waals surface area contributed by atoms with Crippen molar-refractivity contribution in [3.8, 4) is 0 Å². The van der Waals surface area contributed by atoms with E-state index in [0.717, 1.165) is 0 Å². The number of alkyl halides is 3. The normalized spacial score (nSPS) is 30.6. The van der Waals surface area contributed by atoms with Crippen LogP contribution < -0.4 is 0 Å². The summed E-state index contributed by atoms with van der Waals surface area (Å²) in [4.78, 5) is 10.3. The Morgan fingerprint density at radius 3 is 2.33 bits per heavy atom. The van der Waals surface area contributed by atoms with Crippen molar-refractivity contribution in [3.05, 3.63) is 0 Å². The standard InChI is InChI=1S/C6H7F3O3/c7-6(8,9)4-2-12-1-3(4)5(10)11/h3-4H,1-2H2,(H,10,11)/t3-,4-/m0/s1. The molecule has 1 heterocycles. The van der Waals surface area contributed by atoms with E-state index in [4.69, 9.17) is 5.11 Å². The maximum absolute atomic E-state index is 12.0. The Balaban J connectivity index is 2.71. The molecule has 0 amide bonds. The van der Waals surface area contributed by atoms with Gasteiger partial charge < -0.3 is 9.84 Å². The second kappa shape index (κ2) is 2.93. The van der Waals surface area contributed by atoms with E-state index in [1.165, 1.54) is 0 Å². The van der Waals surface area contributed by atoms with Gasteiger partial charge in [0, 0.05) is 0 Å². The Kier molecular flexibility index (Phi) is 2.27. The van der Waals surface area contributed by atoms with Gasteiger partial charge in [-0.25, -0.2) is 0 Å². The number of carboxylic acid groups (broad SMARTS) is 1. The number of ether oxygens (including phenoxy) is 1. The molecule has 2 atom stereocenters. The van der Waals surface area contributed by atoms with Gasteiger partial charge in [-0.05, 0) is 0 Å². The highest BCUT2D eigenvalue weighted by atomic mass is 19.4. The molecule has 0 bridgehead atoms. The van der Waals surface area contributed by atoms with Gasteiger partial charge in [0.1, 0.15) is 0 Å². The Bertz CT molecular complexity index is 189. The van der Waals surface area contributed by atoms with Gasteiger partial charge in [0.15, 0.2) is 0 Å². The van der Waals surface area contributed by atoms with E-state index in [1.807, 2.05) is 0 Å². The molecule has 1 N–H and O–H groups in total. The maximum atomic E-state index is 12.0. The minimum atomic E-state index is -4.47. The third-order valence-corrected chi connectivity index (χ3v) is 1.82. The zero-order valence-corrected chi connectivity index (χ0v) is 5.97. The van der Waals surface area contributed by atoms with Crippen LogP contribution in [0.4, 0.5) is 13.2 Å². The molecule has 12 heavy (non-hydrogen) atoms. The van der Waals surface area contributed by atoms with Crippen LogP contribution in [0.2, 0.25) is 0 Å². The maximum Gasteiger partial charge on any atom is 0.394 e. The van der Waals surface area contributed by atoms with Crippen molar-refractivity contribution in [2.75, 3.05) is 13.2 Å². The number of carboxylic acids is 1. The third kappa shape index (κ3) is 1.69. The Morgan fingerprint density at radius 2 is 2.00 bits per heavy atom. The fourth-order valence-corrected chi connectivity index (χ4v) is 1.12. The molecule has 0 aliphatic carbocycles. The smallest absolute Gasteiger partial charge is 0.394 e. The van der Waals surface area contributed by atoms with Gasteiger partial charge in [-0.3, -0.25) is 4.79 Å². The second-order valence-corrected chi connectivity index (χ2v) is 2.63. The average molecular weight is 184 g/mol. The van der Waals surface area contributed by atoms with Crippen LogP contribution in [-0.2, 0) is 9.53 Å². The number of hydrogen-bond acceptors (Lipinski definition) is 2. The van der Waals surface area contributed by atoms with Crippen molar-refractivity contribution < 1.29 is 27.8 Å². The zero-order valence-electron chi connectivity index (χ0n) is 5.97. The topological polar surface area (TPSA) is 46.5 Å². The van der Waals surface area contributed by atoms with E-state index in [0.29, 0.717) is 0 Å². The van der Waals surface area contributed by atoms with E-state index >= 15 is 0 Å². The van der Waals surface area contributed by atoms with E-state index in [9.17, 15) is 18.0 Å². The fourth-order valence-electron chi connectivity index (χ4n) is 1.12. The molecule has 0 aromatic heterocycles. The van der Waals surface area contributed by atoms with Gasteiger partial charge in [0.05, 0.1) is 25.0 Å². The number of aliphatic carboxylic acids is 1. The number of rotatable bonds is 1. The van der Waals surface area contributed by atoms with Crippen molar-refractivity contribution >= 4 is 5.97 Å². The molecule has 1 fully saturated rings. The van der Waals surface area contributed by atoms with E-state index < -0.39 is 30.6 Å². The van der Waals surface area contributed by atoms with Gasteiger partial charge in [0.2, 0.25) is 0 Å². The summed E-state index contributed by atoms with van der Waals surface area (Å²) in [5.41, 5.74) is 0. The summed E-state index contributed by atoms with van der Waals surface area (Å²) < 4.78 is 40.5. The number of carbonyl (C=O) groups is 1. The molecule has 1 aliphatic rings. The van der Waals surface area contributed by atoms with Crippen LogP contribution in [0.3, 0.4) is 0 Å². The Morgan fingerprint density at radius 1 is 1.42 bits per heavy atom. The molecule has 1 saturated heterocycles. The molecule has 70 valence electrons. The Labute approximate surface area is 66.1 Å². The molecule has 0 aromatic carbocycles. The summed E-state index contributed by atoms with van der Waals surface area (Å²) in [5.74, 6) is -4.74. The molecule has 3 nitrogen and oxygen atoms in total. The van der Waals surface area contributed by atoms with Crippen LogP contribution in [0, 0.1) is 11.8 Å². The summed E-state index contributed by atoms with van der Waals surface area (Å²) in [7, 11) is 0. The monoisotopic (exact) mass is 184 g/mol. The number of halogens is 3. The second-order valence-electron chi connectivity index (χ2n) is 2.63. The highest BCUT2D eigenvalue weighted by Gasteiger charge is 2.50. The molecule has 6 heteroatoms. The van der Waals surface area contributed by atoms with Crippen molar-refractivity contribution in [1.82, 2.24) is 0 Å². The average Bonchev–Trinajstić information content (AvgIpc) is 2.30. The first-order valence-electron chi connectivity index (χ1n) is 3.30. The molecule has 1 rings (SSSR count). The third-order valence-electron chi connectivity index (χ3n) is 1.82. The molecule has 0 unspecified atom stereocenters. The lowest BCUT2D eigenvalue weighted by Crippen LogP contribution is -2.33. The van der Waals surface area contributed by atoms with Gasteiger partial charge in [0.25, 0.3) is 0 Å². The van der Waals surface area contributed by atoms with E-state index in [-0.39, 0.29) is 6.61 Å². The summed E-state index contributed by atoms with van der Waals surface area (Å²) in [5, 5.41) is 8.37. The van der Waals surface area contributed by atoms with Gasteiger partial charge in [-0.15, -0.1) is 0 Å². The molecule has 0 saturated carbocycles. The highest BCUT2D eigenvalue weighted by molar-refractivity contribution is 5.71. The summed E-state index contributed by atoms with van der Waals surface area (Å²) in [6, 6.07) is 0. The molecule has 0 spiro atoms. The van der Waals surface area contributed by atoms with Crippen molar-refractivity contribution in [2.24, 2.45) is 11.8 Å². The first-order valence-corrected chi connectivity index (χ1v) is 3.30. The molecular formula is C6H7F3O3. The molecule has 0 radical (unpaired) electrons. The molecule has 1 aliphatic heterocycles. The predicted octanol–water partition coefficient (Wildman–Crippen LogP) is 0.896. The van der Waals surface area contributed by atoms with Crippen molar-refractivity contribution in [3.63, 3.8) is 0 Å².